The van der Waals surface area contributed by atoms with Crippen molar-refractivity contribution in [3.8, 4) is 11.3 Å². The molecule has 1 fully saturated rings. The first-order valence-corrected chi connectivity index (χ1v) is 13.0. The van der Waals surface area contributed by atoms with Gasteiger partial charge in [0.15, 0.2) is 0 Å². The van der Waals surface area contributed by atoms with Crippen LogP contribution >= 0.6 is 0 Å². The van der Waals surface area contributed by atoms with Gasteiger partial charge in [-0.05, 0) is 37.1 Å². The molecule has 184 valence electrons. The molecular formula is C25H25N7O3S. The molecule has 1 aliphatic heterocycles. The summed E-state index contributed by atoms with van der Waals surface area (Å²) in [7, 11) is -3.65. The van der Waals surface area contributed by atoms with Crippen LogP contribution in [-0.4, -0.2) is 44.5 Å². The predicted molar refractivity (Wildman–Crippen MR) is 137 cm³/mol. The number of sulfonamides is 1. The predicted octanol–water partition coefficient (Wildman–Crippen LogP) is 3.63. The zero-order valence-corrected chi connectivity index (χ0v) is 20.2. The third-order valence-corrected chi connectivity index (χ3v) is 7.74. The summed E-state index contributed by atoms with van der Waals surface area (Å²) < 4.78 is 28.7. The van der Waals surface area contributed by atoms with Crippen molar-refractivity contribution < 1.29 is 13.2 Å². The number of rotatable bonds is 6. The maximum atomic E-state index is 12.7. The molecule has 1 aliphatic rings. The van der Waals surface area contributed by atoms with E-state index in [2.05, 4.69) is 21.9 Å². The number of pyridine rings is 1. The van der Waals surface area contributed by atoms with Gasteiger partial charge in [0.05, 0.1) is 6.04 Å². The maximum absolute atomic E-state index is 12.7. The Morgan fingerprint density at radius 3 is 2.64 bits per heavy atom. The minimum atomic E-state index is -3.65. The Balaban J connectivity index is 1.54. The van der Waals surface area contributed by atoms with Gasteiger partial charge in [-0.1, -0.05) is 31.2 Å². The van der Waals surface area contributed by atoms with Gasteiger partial charge in [0, 0.05) is 41.7 Å². The van der Waals surface area contributed by atoms with Gasteiger partial charge in [-0.25, -0.2) is 23.4 Å². The van der Waals surface area contributed by atoms with Crippen molar-refractivity contribution in [2.24, 2.45) is 0 Å². The van der Waals surface area contributed by atoms with E-state index in [9.17, 15) is 13.2 Å². The number of nitrogens with two attached hydrogens (primary N) is 1. The van der Waals surface area contributed by atoms with Crippen LogP contribution in [0.5, 0.6) is 0 Å². The number of anilines is 2. The monoisotopic (exact) mass is 503 g/mol. The van der Waals surface area contributed by atoms with Gasteiger partial charge < -0.3 is 11.1 Å². The standard InChI is InChI=1S/C25H25N7O3S/c1-2-36(34,35)32-15-6-4-7-19(32)24-30-21(22-23(26)28-14-16-31(22)24)17-9-11-18(12-10-17)25(33)29-20-8-3-5-13-27-20/h2-3,5,8-14,16,19H,1,4,6-7,15H2,(H2,26,28)(H,27,29,33). The van der Waals surface area contributed by atoms with Gasteiger partial charge >= 0.3 is 0 Å². The summed E-state index contributed by atoms with van der Waals surface area (Å²) in [5.74, 6) is 1.01. The highest BCUT2D eigenvalue weighted by atomic mass is 32.2. The maximum Gasteiger partial charge on any atom is 0.256 e. The van der Waals surface area contributed by atoms with Crippen LogP contribution < -0.4 is 11.1 Å². The van der Waals surface area contributed by atoms with Crippen molar-refractivity contribution in [3.63, 3.8) is 0 Å². The van der Waals surface area contributed by atoms with E-state index in [1.807, 2.05) is 0 Å². The molecule has 36 heavy (non-hydrogen) atoms. The molecule has 3 aromatic heterocycles. The van der Waals surface area contributed by atoms with E-state index < -0.39 is 16.1 Å². The molecule has 0 saturated carbocycles. The molecule has 10 nitrogen and oxygen atoms in total. The molecule has 0 radical (unpaired) electrons. The fraction of sp³-hybridized carbons (Fsp3) is 0.200. The first-order chi connectivity index (χ1) is 17.4. The van der Waals surface area contributed by atoms with E-state index in [0.29, 0.717) is 41.4 Å². The van der Waals surface area contributed by atoms with Gasteiger partial charge in [0.2, 0.25) is 10.0 Å². The summed E-state index contributed by atoms with van der Waals surface area (Å²) in [5, 5.41) is 3.74. The number of nitrogen functional groups attached to an aromatic ring is 1. The lowest BCUT2D eigenvalue weighted by molar-refractivity contribution is 0.102. The number of carbonyl (C=O) groups is 1. The second-order valence-electron chi connectivity index (χ2n) is 8.43. The first kappa shape index (κ1) is 23.6. The van der Waals surface area contributed by atoms with E-state index in [0.717, 1.165) is 23.8 Å². The van der Waals surface area contributed by atoms with Gasteiger partial charge in [0.25, 0.3) is 5.91 Å². The van der Waals surface area contributed by atoms with Crippen LogP contribution in [-0.2, 0) is 10.0 Å². The quantitative estimate of drug-likeness (QED) is 0.410. The Hall–Kier alpha value is -4.09. The minimum Gasteiger partial charge on any atom is -0.382 e. The molecular weight excluding hydrogens is 478 g/mol. The number of fused-ring (bicyclic) bond motifs is 1. The smallest absolute Gasteiger partial charge is 0.256 e. The number of piperidine rings is 1. The van der Waals surface area contributed by atoms with Crippen LogP contribution in [0.2, 0.25) is 0 Å². The van der Waals surface area contributed by atoms with Crippen molar-refractivity contribution in [1.82, 2.24) is 23.7 Å². The van der Waals surface area contributed by atoms with E-state index in [1.165, 1.54) is 4.31 Å². The van der Waals surface area contributed by atoms with E-state index in [1.54, 1.807) is 65.5 Å². The zero-order valence-electron chi connectivity index (χ0n) is 19.4. The highest BCUT2D eigenvalue weighted by Gasteiger charge is 2.35. The third-order valence-electron chi connectivity index (χ3n) is 6.23. The van der Waals surface area contributed by atoms with Crippen LogP contribution in [0.1, 0.15) is 41.5 Å². The number of hydrogen-bond acceptors (Lipinski definition) is 7. The largest absolute Gasteiger partial charge is 0.382 e. The summed E-state index contributed by atoms with van der Waals surface area (Å²) in [4.78, 5) is 25.8. The topological polar surface area (TPSA) is 136 Å². The van der Waals surface area contributed by atoms with Crippen LogP contribution in [0.3, 0.4) is 0 Å². The average molecular weight is 504 g/mol. The molecule has 4 heterocycles. The number of aromatic nitrogens is 4. The summed E-state index contributed by atoms with van der Waals surface area (Å²) in [6, 6.07) is 11.8. The number of imidazole rings is 1. The van der Waals surface area contributed by atoms with Crippen LogP contribution in [0.25, 0.3) is 16.8 Å². The zero-order chi connectivity index (χ0) is 25.3. The SMILES string of the molecule is C=CS(=O)(=O)N1CCCCC1c1nc(-c2ccc(C(=O)Nc3ccccn3)cc2)c2c(N)nccn12. The normalized spacial score (nSPS) is 16.6. The molecule has 1 aromatic carbocycles. The van der Waals surface area contributed by atoms with Crippen LogP contribution in [0.4, 0.5) is 11.6 Å². The molecule has 4 aromatic rings. The highest BCUT2D eigenvalue weighted by molar-refractivity contribution is 7.92. The molecule has 11 heteroatoms. The highest BCUT2D eigenvalue weighted by Crippen LogP contribution is 2.37. The van der Waals surface area contributed by atoms with E-state index >= 15 is 0 Å². The first-order valence-electron chi connectivity index (χ1n) is 11.5. The Labute approximate surface area is 208 Å². The number of carbonyl (C=O) groups excluding carboxylic acids is 1. The molecule has 1 atom stereocenters. The lowest BCUT2D eigenvalue weighted by atomic mass is 10.0. The number of nitrogens with zero attached hydrogens (tertiary/aromatic N) is 5. The summed E-state index contributed by atoms with van der Waals surface area (Å²) in [5.41, 5.74) is 8.58. The Kier molecular flexibility index (Phi) is 6.25. The van der Waals surface area contributed by atoms with E-state index in [4.69, 9.17) is 10.7 Å². The summed E-state index contributed by atoms with van der Waals surface area (Å²) in [6.07, 6.45) is 7.17. The molecule has 5 rings (SSSR count). The fourth-order valence-corrected chi connectivity index (χ4v) is 5.62. The average Bonchev–Trinajstić information content (AvgIpc) is 3.30. The molecule has 1 unspecified atom stereocenters. The van der Waals surface area contributed by atoms with Crippen molar-refractivity contribution >= 4 is 33.1 Å². The Morgan fingerprint density at radius 1 is 1.11 bits per heavy atom. The Bertz CT molecular complexity index is 1530. The van der Waals surface area contributed by atoms with E-state index in [-0.39, 0.29) is 11.7 Å². The number of nitrogens with one attached hydrogen (secondary N) is 1. The third kappa shape index (κ3) is 4.34. The molecule has 1 saturated heterocycles. The summed E-state index contributed by atoms with van der Waals surface area (Å²) >= 11 is 0. The second-order valence-corrected chi connectivity index (χ2v) is 10.3. The van der Waals surface area contributed by atoms with Crippen LogP contribution in [0.15, 0.2) is 73.0 Å². The molecule has 0 bridgehead atoms. The van der Waals surface area contributed by atoms with Gasteiger partial charge in [-0.3, -0.25) is 9.20 Å². The molecule has 0 spiro atoms. The number of benzene rings is 1. The molecule has 3 N–H and O–H groups in total. The minimum absolute atomic E-state index is 0.275. The van der Waals surface area contributed by atoms with Crippen molar-refractivity contribution in [2.75, 3.05) is 17.6 Å². The van der Waals surface area contributed by atoms with Gasteiger partial charge in [-0.2, -0.15) is 4.31 Å². The second kappa shape index (κ2) is 9.51. The fourth-order valence-electron chi connectivity index (χ4n) is 4.49. The van der Waals surface area contributed by atoms with Crippen molar-refractivity contribution in [2.45, 2.75) is 25.3 Å². The molecule has 1 amide bonds. The lowest BCUT2D eigenvalue weighted by Gasteiger charge is -2.32. The van der Waals surface area contributed by atoms with Crippen molar-refractivity contribution in [1.29, 1.82) is 0 Å². The van der Waals surface area contributed by atoms with Crippen LogP contribution in [0, 0.1) is 0 Å². The lowest BCUT2D eigenvalue weighted by Crippen LogP contribution is -2.38. The van der Waals surface area contributed by atoms with Gasteiger partial charge in [-0.15, -0.1) is 0 Å². The van der Waals surface area contributed by atoms with Gasteiger partial charge in [0.1, 0.15) is 28.7 Å². The number of hydrogen-bond donors (Lipinski definition) is 2. The molecule has 0 aliphatic carbocycles. The number of amides is 1. The summed E-state index contributed by atoms with van der Waals surface area (Å²) in [6.45, 7) is 3.88. The van der Waals surface area contributed by atoms with Crippen molar-refractivity contribution in [3.05, 3.63) is 84.4 Å². The Morgan fingerprint density at radius 2 is 1.92 bits per heavy atom.